The number of halogens is 1. The highest BCUT2D eigenvalue weighted by molar-refractivity contribution is 6.30. The Morgan fingerprint density at radius 3 is 2.34 bits per heavy atom. The summed E-state index contributed by atoms with van der Waals surface area (Å²) >= 11 is 5.97. The van der Waals surface area contributed by atoms with Gasteiger partial charge in [-0.25, -0.2) is 9.78 Å². The highest BCUT2D eigenvalue weighted by Crippen LogP contribution is 2.30. The van der Waals surface area contributed by atoms with Crippen LogP contribution in [0.1, 0.15) is 33.2 Å². The zero-order valence-electron chi connectivity index (χ0n) is 21.0. The first-order chi connectivity index (χ1) is 18.5. The maximum atomic E-state index is 13.9. The molecule has 8 nitrogen and oxygen atoms in total. The number of ether oxygens (including phenoxy) is 1. The molecule has 3 heterocycles. The van der Waals surface area contributed by atoms with Gasteiger partial charge in [0.05, 0.1) is 18.8 Å². The number of carbonyl (C=O) groups excluding carboxylic acids is 2. The highest BCUT2D eigenvalue weighted by Gasteiger charge is 2.30. The van der Waals surface area contributed by atoms with Crippen molar-refractivity contribution in [3.8, 4) is 0 Å². The van der Waals surface area contributed by atoms with Gasteiger partial charge in [-0.05, 0) is 48.9 Å². The second-order valence-electron chi connectivity index (χ2n) is 8.98. The lowest BCUT2D eigenvalue weighted by atomic mass is 10.1. The predicted octanol–water partition coefficient (Wildman–Crippen LogP) is 4.24. The van der Waals surface area contributed by atoms with Crippen LogP contribution in [0.15, 0.2) is 77.7 Å². The van der Waals surface area contributed by atoms with Crippen LogP contribution in [0.2, 0.25) is 5.02 Å². The average molecular weight is 531 g/mol. The van der Waals surface area contributed by atoms with E-state index in [1.54, 1.807) is 48.4 Å². The lowest BCUT2D eigenvalue weighted by Gasteiger charge is -2.37. The maximum absolute atomic E-state index is 13.9. The number of nitrogens with zero attached hydrogens (tertiary/aromatic N) is 4. The minimum atomic E-state index is -0.667. The Hall–Kier alpha value is -4.17. The Morgan fingerprint density at radius 2 is 1.66 bits per heavy atom. The molecule has 0 radical (unpaired) electrons. The molecule has 2 aromatic heterocycles. The van der Waals surface area contributed by atoms with E-state index in [0.717, 1.165) is 5.56 Å². The molecule has 194 valence electrons. The second-order valence-corrected chi connectivity index (χ2v) is 9.42. The van der Waals surface area contributed by atoms with Gasteiger partial charge in [0.25, 0.3) is 11.5 Å². The average Bonchev–Trinajstić information content (AvgIpc) is 2.95. The number of carbonyl (C=O) groups is 2. The largest absolute Gasteiger partial charge is 0.462 e. The van der Waals surface area contributed by atoms with Crippen LogP contribution in [0.5, 0.6) is 0 Å². The summed E-state index contributed by atoms with van der Waals surface area (Å²) < 4.78 is 6.88. The molecule has 2 aromatic carbocycles. The second kappa shape index (κ2) is 11.1. The van der Waals surface area contributed by atoms with Gasteiger partial charge in [-0.2, -0.15) is 0 Å². The van der Waals surface area contributed by atoms with Crippen molar-refractivity contribution in [2.24, 2.45) is 0 Å². The van der Waals surface area contributed by atoms with Crippen molar-refractivity contribution in [1.82, 2.24) is 14.5 Å². The van der Waals surface area contributed by atoms with Crippen LogP contribution in [0, 0.1) is 0 Å². The fourth-order valence-electron chi connectivity index (χ4n) is 4.80. The van der Waals surface area contributed by atoms with Crippen molar-refractivity contribution in [2.75, 3.05) is 37.7 Å². The monoisotopic (exact) mass is 530 g/mol. The van der Waals surface area contributed by atoms with Gasteiger partial charge < -0.3 is 14.5 Å². The number of fused-ring (bicyclic) bond motifs is 1. The van der Waals surface area contributed by atoms with Gasteiger partial charge in [-0.1, -0.05) is 41.9 Å². The molecule has 38 heavy (non-hydrogen) atoms. The zero-order chi connectivity index (χ0) is 26.6. The minimum Gasteiger partial charge on any atom is -0.462 e. The summed E-state index contributed by atoms with van der Waals surface area (Å²) in [6.07, 6.45) is 1.64. The number of amides is 1. The van der Waals surface area contributed by atoms with Crippen LogP contribution in [0.4, 0.5) is 5.69 Å². The number of esters is 1. The standard InChI is InChI=1S/C29H27ClN4O4/c1-2-38-29(37)24-25(32-15-17-33(18-16-32)27(35)21-10-12-22(30)13-11-21)23-9-6-14-31-26(23)34(28(24)36)19-20-7-4-3-5-8-20/h3-14H,2,15-19H2,1H3. The molecule has 0 aliphatic carbocycles. The maximum Gasteiger partial charge on any atom is 0.345 e. The van der Waals surface area contributed by atoms with Crippen LogP contribution >= 0.6 is 11.6 Å². The summed E-state index contributed by atoms with van der Waals surface area (Å²) in [6.45, 7) is 3.87. The molecule has 1 saturated heterocycles. The van der Waals surface area contributed by atoms with Crippen molar-refractivity contribution < 1.29 is 14.3 Å². The van der Waals surface area contributed by atoms with Crippen molar-refractivity contribution in [2.45, 2.75) is 13.5 Å². The summed E-state index contributed by atoms with van der Waals surface area (Å²) in [7, 11) is 0. The Labute approximate surface area is 225 Å². The summed E-state index contributed by atoms with van der Waals surface area (Å²) in [5, 5.41) is 1.25. The molecule has 0 spiro atoms. The van der Waals surface area contributed by atoms with E-state index in [1.807, 2.05) is 41.3 Å². The molecule has 5 rings (SSSR count). The molecule has 1 amide bonds. The lowest BCUT2D eigenvalue weighted by Crippen LogP contribution is -2.49. The topological polar surface area (TPSA) is 84.7 Å². The molecule has 0 saturated carbocycles. The SMILES string of the molecule is CCOC(=O)c1c(N2CCN(C(=O)c3ccc(Cl)cc3)CC2)c2cccnc2n(Cc2ccccc2)c1=O. The number of hydrogen-bond donors (Lipinski definition) is 0. The third kappa shape index (κ3) is 4.99. The van der Waals surface area contributed by atoms with Gasteiger partial charge in [0, 0.05) is 48.3 Å². The van der Waals surface area contributed by atoms with E-state index in [2.05, 4.69) is 4.98 Å². The Kier molecular flexibility index (Phi) is 7.42. The van der Waals surface area contributed by atoms with E-state index < -0.39 is 11.5 Å². The van der Waals surface area contributed by atoms with Crippen LogP contribution in [-0.4, -0.2) is 59.1 Å². The number of hydrogen-bond acceptors (Lipinski definition) is 6. The van der Waals surface area contributed by atoms with Gasteiger partial charge in [-0.3, -0.25) is 14.2 Å². The molecule has 1 aliphatic rings. The van der Waals surface area contributed by atoms with E-state index in [0.29, 0.717) is 53.5 Å². The predicted molar refractivity (Wildman–Crippen MR) is 147 cm³/mol. The molecule has 4 aromatic rings. The van der Waals surface area contributed by atoms with Crippen molar-refractivity contribution in [3.63, 3.8) is 0 Å². The van der Waals surface area contributed by atoms with Gasteiger partial charge in [0.15, 0.2) is 0 Å². The molecule has 0 atom stereocenters. The van der Waals surface area contributed by atoms with Crippen molar-refractivity contribution >= 4 is 40.2 Å². The van der Waals surface area contributed by atoms with Crippen molar-refractivity contribution in [3.05, 3.63) is 105 Å². The van der Waals surface area contributed by atoms with E-state index in [1.165, 1.54) is 4.57 Å². The first kappa shape index (κ1) is 25.5. The third-order valence-corrected chi connectivity index (χ3v) is 6.88. The molecular weight excluding hydrogens is 504 g/mol. The summed E-state index contributed by atoms with van der Waals surface area (Å²) in [6, 6.07) is 20.0. The number of anilines is 1. The third-order valence-electron chi connectivity index (χ3n) is 6.63. The van der Waals surface area contributed by atoms with Gasteiger partial charge in [0.2, 0.25) is 0 Å². The van der Waals surface area contributed by atoms with Gasteiger partial charge >= 0.3 is 5.97 Å². The fourth-order valence-corrected chi connectivity index (χ4v) is 4.93. The first-order valence-corrected chi connectivity index (χ1v) is 12.9. The summed E-state index contributed by atoms with van der Waals surface area (Å²) in [5.41, 5.74) is 2.00. The van der Waals surface area contributed by atoms with E-state index in [9.17, 15) is 14.4 Å². The smallest absolute Gasteiger partial charge is 0.345 e. The normalized spacial score (nSPS) is 13.5. The van der Waals surface area contributed by atoms with E-state index in [-0.39, 0.29) is 24.6 Å². The zero-order valence-corrected chi connectivity index (χ0v) is 21.7. The molecule has 9 heteroatoms. The number of aromatic nitrogens is 2. The van der Waals surface area contributed by atoms with E-state index in [4.69, 9.17) is 16.3 Å². The van der Waals surface area contributed by atoms with Crippen molar-refractivity contribution in [1.29, 1.82) is 0 Å². The van der Waals surface area contributed by atoms with Crippen LogP contribution in [0.3, 0.4) is 0 Å². The number of rotatable bonds is 6. The van der Waals surface area contributed by atoms with Crippen LogP contribution in [-0.2, 0) is 11.3 Å². The van der Waals surface area contributed by atoms with Crippen LogP contribution in [0.25, 0.3) is 11.0 Å². The Bertz CT molecular complexity index is 1530. The fraction of sp³-hybridized carbons (Fsp3) is 0.241. The molecule has 0 bridgehead atoms. The quantitative estimate of drug-likeness (QED) is 0.347. The lowest BCUT2D eigenvalue weighted by molar-refractivity contribution is 0.0523. The van der Waals surface area contributed by atoms with Crippen LogP contribution < -0.4 is 10.5 Å². The molecule has 0 N–H and O–H groups in total. The molecular formula is C29H27ClN4O4. The Balaban J connectivity index is 1.54. The minimum absolute atomic E-state index is 0.0132. The number of benzene rings is 2. The van der Waals surface area contributed by atoms with E-state index >= 15 is 0 Å². The summed E-state index contributed by atoms with van der Waals surface area (Å²) in [5.74, 6) is -0.753. The molecule has 1 fully saturated rings. The first-order valence-electron chi connectivity index (χ1n) is 12.5. The van der Waals surface area contributed by atoms with Gasteiger partial charge in [0.1, 0.15) is 11.2 Å². The summed E-state index contributed by atoms with van der Waals surface area (Å²) in [4.78, 5) is 48.4. The number of piperazine rings is 1. The number of pyridine rings is 2. The molecule has 0 unspecified atom stereocenters. The Morgan fingerprint density at radius 1 is 0.947 bits per heavy atom. The highest BCUT2D eigenvalue weighted by atomic mass is 35.5. The van der Waals surface area contributed by atoms with Gasteiger partial charge in [-0.15, -0.1) is 0 Å². The molecule has 1 aliphatic heterocycles.